The van der Waals surface area contributed by atoms with E-state index in [1.807, 2.05) is 38.1 Å². The Bertz CT molecular complexity index is 849. The van der Waals surface area contributed by atoms with Gasteiger partial charge in [0, 0.05) is 5.56 Å². The maximum absolute atomic E-state index is 13.0. The van der Waals surface area contributed by atoms with Crippen LogP contribution in [0.15, 0.2) is 53.6 Å². The molecular formula is C23H28FN3O3. The first-order chi connectivity index (χ1) is 14.4. The molecule has 0 aliphatic carbocycles. The molecule has 2 amide bonds. The summed E-state index contributed by atoms with van der Waals surface area (Å²) in [5.74, 6) is -0.695. The van der Waals surface area contributed by atoms with Crippen LogP contribution in [0.3, 0.4) is 0 Å². The van der Waals surface area contributed by atoms with Crippen molar-refractivity contribution < 1.29 is 18.7 Å². The lowest BCUT2D eigenvalue weighted by molar-refractivity contribution is -0.123. The standard InChI is InChI=1S/C23H28FN3O3/c1-4-5-14-30-20-12-6-17(7-13-20)15-25-27-23(29)21(16(2)3)26-22(28)18-8-10-19(24)11-9-18/h6-13,15-16,21H,4-5,14H2,1-3H3,(H,26,28)(H,27,29). The second-order valence-electron chi connectivity index (χ2n) is 7.21. The van der Waals surface area contributed by atoms with Gasteiger partial charge in [0.2, 0.25) is 0 Å². The van der Waals surface area contributed by atoms with Crippen LogP contribution in [0.25, 0.3) is 0 Å². The van der Waals surface area contributed by atoms with Crippen molar-refractivity contribution in [3.8, 4) is 5.75 Å². The zero-order valence-corrected chi connectivity index (χ0v) is 17.5. The summed E-state index contributed by atoms with van der Waals surface area (Å²) in [4.78, 5) is 24.8. The summed E-state index contributed by atoms with van der Waals surface area (Å²) in [7, 11) is 0. The van der Waals surface area contributed by atoms with Gasteiger partial charge in [-0.1, -0.05) is 27.2 Å². The first-order valence-electron chi connectivity index (χ1n) is 10.0. The predicted octanol–water partition coefficient (Wildman–Crippen LogP) is 3.91. The third kappa shape index (κ3) is 7.31. The molecule has 2 aromatic carbocycles. The molecule has 160 valence electrons. The Morgan fingerprint density at radius 3 is 2.37 bits per heavy atom. The Labute approximate surface area is 176 Å². The van der Waals surface area contributed by atoms with Gasteiger partial charge in [-0.3, -0.25) is 9.59 Å². The maximum Gasteiger partial charge on any atom is 0.262 e. The number of nitrogens with zero attached hydrogens (tertiary/aromatic N) is 1. The average Bonchev–Trinajstić information content (AvgIpc) is 2.73. The van der Waals surface area contributed by atoms with Gasteiger partial charge in [-0.15, -0.1) is 0 Å². The number of halogens is 1. The summed E-state index contributed by atoms with van der Waals surface area (Å²) in [5.41, 5.74) is 3.54. The van der Waals surface area contributed by atoms with Crippen molar-refractivity contribution in [1.82, 2.24) is 10.7 Å². The zero-order chi connectivity index (χ0) is 21.9. The molecule has 0 aliphatic rings. The molecule has 2 rings (SSSR count). The highest BCUT2D eigenvalue weighted by atomic mass is 19.1. The number of unbranched alkanes of at least 4 members (excludes halogenated alkanes) is 1. The minimum absolute atomic E-state index is 0.163. The topological polar surface area (TPSA) is 79.8 Å². The van der Waals surface area contributed by atoms with Crippen LogP contribution in [-0.2, 0) is 4.79 Å². The molecule has 2 N–H and O–H groups in total. The summed E-state index contributed by atoms with van der Waals surface area (Å²) in [5, 5.41) is 6.64. The van der Waals surface area contributed by atoms with Gasteiger partial charge >= 0.3 is 0 Å². The molecule has 0 fully saturated rings. The van der Waals surface area contributed by atoms with E-state index in [-0.39, 0.29) is 11.5 Å². The first kappa shape index (κ1) is 23.1. The fraction of sp³-hybridized carbons (Fsp3) is 0.348. The van der Waals surface area contributed by atoms with Crippen molar-refractivity contribution in [1.29, 1.82) is 0 Å². The van der Waals surface area contributed by atoms with Crippen molar-refractivity contribution in [3.05, 3.63) is 65.5 Å². The van der Waals surface area contributed by atoms with Crippen LogP contribution in [0, 0.1) is 11.7 Å². The van der Waals surface area contributed by atoms with E-state index in [9.17, 15) is 14.0 Å². The number of amides is 2. The molecule has 6 nitrogen and oxygen atoms in total. The van der Waals surface area contributed by atoms with Gasteiger partial charge in [-0.2, -0.15) is 5.10 Å². The molecule has 0 radical (unpaired) electrons. The van der Waals surface area contributed by atoms with Gasteiger partial charge in [0.15, 0.2) is 0 Å². The van der Waals surface area contributed by atoms with Crippen molar-refractivity contribution in [2.24, 2.45) is 11.0 Å². The van der Waals surface area contributed by atoms with Crippen LogP contribution in [0.2, 0.25) is 0 Å². The van der Waals surface area contributed by atoms with E-state index in [1.54, 1.807) is 0 Å². The van der Waals surface area contributed by atoms with E-state index in [0.717, 1.165) is 24.2 Å². The number of hydrogen-bond donors (Lipinski definition) is 2. The van der Waals surface area contributed by atoms with Crippen LogP contribution < -0.4 is 15.5 Å². The SMILES string of the molecule is CCCCOc1ccc(C=NNC(=O)C(NC(=O)c2ccc(F)cc2)C(C)C)cc1. The molecule has 0 bridgehead atoms. The van der Waals surface area contributed by atoms with E-state index >= 15 is 0 Å². The van der Waals surface area contributed by atoms with E-state index in [1.165, 1.54) is 30.5 Å². The number of hydrazone groups is 1. The number of carbonyl (C=O) groups excluding carboxylic acids is 2. The van der Waals surface area contributed by atoms with Crippen molar-refractivity contribution >= 4 is 18.0 Å². The van der Waals surface area contributed by atoms with Crippen LogP contribution in [0.1, 0.15) is 49.5 Å². The molecular weight excluding hydrogens is 385 g/mol. The summed E-state index contributed by atoms with van der Waals surface area (Å²) < 4.78 is 18.6. The van der Waals surface area contributed by atoms with Gasteiger partial charge in [0.05, 0.1) is 12.8 Å². The molecule has 0 aliphatic heterocycles. The number of hydrogen-bond acceptors (Lipinski definition) is 4. The van der Waals surface area contributed by atoms with Gasteiger partial charge in [-0.05, 0) is 66.4 Å². The summed E-state index contributed by atoms with van der Waals surface area (Å²) in [6, 6.07) is 11.7. The molecule has 2 aromatic rings. The normalized spacial score (nSPS) is 12.0. The largest absolute Gasteiger partial charge is 0.494 e. The fourth-order valence-corrected chi connectivity index (χ4v) is 2.59. The van der Waals surface area contributed by atoms with Crippen molar-refractivity contribution in [3.63, 3.8) is 0 Å². The molecule has 0 saturated heterocycles. The monoisotopic (exact) mass is 413 g/mol. The Morgan fingerprint density at radius 1 is 1.10 bits per heavy atom. The molecule has 0 heterocycles. The smallest absolute Gasteiger partial charge is 0.262 e. The van der Waals surface area contributed by atoms with Gasteiger partial charge in [0.1, 0.15) is 17.6 Å². The van der Waals surface area contributed by atoms with Gasteiger partial charge in [-0.25, -0.2) is 9.82 Å². The number of benzene rings is 2. The third-order valence-corrected chi connectivity index (χ3v) is 4.38. The second-order valence-corrected chi connectivity index (χ2v) is 7.21. The Hall–Kier alpha value is -3.22. The first-order valence-corrected chi connectivity index (χ1v) is 10.0. The predicted molar refractivity (Wildman–Crippen MR) is 115 cm³/mol. The van der Waals surface area contributed by atoms with Crippen molar-refractivity contribution in [2.45, 2.75) is 39.7 Å². The van der Waals surface area contributed by atoms with E-state index < -0.39 is 23.7 Å². The van der Waals surface area contributed by atoms with Crippen LogP contribution in [0.5, 0.6) is 5.75 Å². The van der Waals surface area contributed by atoms with Crippen molar-refractivity contribution in [2.75, 3.05) is 6.61 Å². The molecule has 1 unspecified atom stereocenters. The lowest BCUT2D eigenvalue weighted by Gasteiger charge is -2.20. The summed E-state index contributed by atoms with van der Waals surface area (Å²) in [6.45, 7) is 6.42. The van der Waals surface area contributed by atoms with Gasteiger partial charge < -0.3 is 10.1 Å². The fourth-order valence-electron chi connectivity index (χ4n) is 2.59. The van der Waals surface area contributed by atoms with Crippen LogP contribution in [0.4, 0.5) is 4.39 Å². The Kier molecular flexibility index (Phi) is 9.00. The lowest BCUT2D eigenvalue weighted by atomic mass is 10.0. The number of nitrogens with one attached hydrogen (secondary N) is 2. The van der Waals surface area contributed by atoms with E-state index in [0.29, 0.717) is 6.61 Å². The third-order valence-electron chi connectivity index (χ3n) is 4.38. The van der Waals surface area contributed by atoms with Crippen LogP contribution in [-0.4, -0.2) is 30.7 Å². The number of rotatable bonds is 10. The zero-order valence-electron chi connectivity index (χ0n) is 17.5. The quantitative estimate of drug-likeness (QED) is 0.352. The highest BCUT2D eigenvalue weighted by Gasteiger charge is 2.24. The summed E-state index contributed by atoms with van der Waals surface area (Å²) >= 11 is 0. The maximum atomic E-state index is 13.0. The molecule has 7 heteroatoms. The van der Waals surface area contributed by atoms with Crippen LogP contribution >= 0.6 is 0 Å². The molecule has 0 aromatic heterocycles. The summed E-state index contributed by atoms with van der Waals surface area (Å²) in [6.07, 6.45) is 3.60. The van der Waals surface area contributed by atoms with E-state index in [4.69, 9.17) is 4.74 Å². The minimum atomic E-state index is -0.783. The number of carbonyl (C=O) groups is 2. The van der Waals surface area contributed by atoms with Gasteiger partial charge in [0.25, 0.3) is 11.8 Å². The Morgan fingerprint density at radius 2 is 1.77 bits per heavy atom. The molecule has 1 atom stereocenters. The number of ether oxygens (including phenoxy) is 1. The molecule has 30 heavy (non-hydrogen) atoms. The average molecular weight is 413 g/mol. The minimum Gasteiger partial charge on any atom is -0.494 e. The molecule has 0 saturated carbocycles. The Balaban J connectivity index is 1.91. The highest BCUT2D eigenvalue weighted by Crippen LogP contribution is 2.12. The molecule has 0 spiro atoms. The lowest BCUT2D eigenvalue weighted by Crippen LogP contribution is -2.48. The van der Waals surface area contributed by atoms with E-state index in [2.05, 4.69) is 22.8 Å². The highest BCUT2D eigenvalue weighted by molar-refractivity contribution is 5.97. The second kappa shape index (κ2) is 11.7.